The third-order valence-electron chi connectivity index (χ3n) is 4.19. The highest BCUT2D eigenvalue weighted by Gasteiger charge is 2.51. The van der Waals surface area contributed by atoms with E-state index >= 15 is 0 Å². The number of allylic oxidation sites excluding steroid dienone is 1. The van der Waals surface area contributed by atoms with Crippen LogP contribution < -0.4 is 0 Å². The molecule has 0 bridgehead atoms. The first-order valence-corrected chi connectivity index (χ1v) is 7.33. The van der Waals surface area contributed by atoms with Crippen molar-refractivity contribution in [3.05, 3.63) is 12.1 Å². The smallest absolute Gasteiger partial charge is 0.400 e. The number of hydrogen-bond acceptors (Lipinski definition) is 2. The summed E-state index contributed by atoms with van der Waals surface area (Å²) in [6.45, 7) is 14.7. The SMILES string of the molecule is C=C(CCCCCCC)B1OC(C)(C)C(C)(C)O1. The van der Waals surface area contributed by atoms with Gasteiger partial charge in [0.15, 0.2) is 0 Å². The first-order chi connectivity index (χ1) is 8.30. The highest BCUT2D eigenvalue weighted by molar-refractivity contribution is 6.54. The van der Waals surface area contributed by atoms with Crippen molar-refractivity contribution in [1.29, 1.82) is 0 Å². The zero-order valence-electron chi connectivity index (χ0n) is 12.8. The van der Waals surface area contributed by atoms with Crippen LogP contribution in [0.15, 0.2) is 12.1 Å². The van der Waals surface area contributed by atoms with Gasteiger partial charge in [0.1, 0.15) is 0 Å². The summed E-state index contributed by atoms with van der Waals surface area (Å²) in [5.41, 5.74) is 0.594. The fraction of sp³-hybridized carbons (Fsp3) is 0.867. The second-order valence-corrected chi connectivity index (χ2v) is 6.41. The van der Waals surface area contributed by atoms with Crippen molar-refractivity contribution < 1.29 is 9.31 Å². The number of unbranched alkanes of at least 4 members (excludes halogenated alkanes) is 4. The summed E-state index contributed by atoms with van der Waals surface area (Å²) in [5, 5.41) is 0. The predicted molar refractivity (Wildman–Crippen MR) is 78.6 cm³/mol. The number of rotatable bonds is 7. The molecule has 0 atom stereocenters. The first kappa shape index (κ1) is 15.8. The van der Waals surface area contributed by atoms with Crippen molar-refractivity contribution in [3.8, 4) is 0 Å². The molecule has 2 nitrogen and oxygen atoms in total. The fourth-order valence-electron chi connectivity index (χ4n) is 2.08. The molecule has 1 rings (SSSR count). The van der Waals surface area contributed by atoms with Crippen molar-refractivity contribution in [2.75, 3.05) is 0 Å². The monoisotopic (exact) mass is 252 g/mol. The van der Waals surface area contributed by atoms with E-state index in [1.807, 2.05) is 0 Å². The molecule has 0 aromatic heterocycles. The summed E-state index contributed by atoms with van der Waals surface area (Å²) in [5.74, 6) is 0. The second-order valence-electron chi connectivity index (χ2n) is 6.41. The Hall–Kier alpha value is -0.275. The van der Waals surface area contributed by atoms with Crippen LogP contribution in [0, 0.1) is 0 Å². The van der Waals surface area contributed by atoms with E-state index < -0.39 is 0 Å². The van der Waals surface area contributed by atoms with Gasteiger partial charge in [-0.2, -0.15) is 0 Å². The van der Waals surface area contributed by atoms with Crippen LogP contribution in [0.1, 0.15) is 73.1 Å². The average Bonchev–Trinajstić information content (AvgIpc) is 2.48. The highest BCUT2D eigenvalue weighted by atomic mass is 16.7. The molecule has 1 aliphatic heterocycles. The number of hydrogen-bond donors (Lipinski definition) is 0. The molecule has 18 heavy (non-hydrogen) atoms. The lowest BCUT2D eigenvalue weighted by molar-refractivity contribution is 0.00578. The molecule has 0 aromatic carbocycles. The van der Waals surface area contributed by atoms with Crippen LogP contribution in [0.5, 0.6) is 0 Å². The van der Waals surface area contributed by atoms with Gasteiger partial charge in [0, 0.05) is 0 Å². The normalized spacial score (nSPS) is 21.3. The molecule has 0 saturated carbocycles. The summed E-state index contributed by atoms with van der Waals surface area (Å²) in [6, 6.07) is 0. The maximum absolute atomic E-state index is 5.98. The summed E-state index contributed by atoms with van der Waals surface area (Å²) in [6.07, 6.45) is 7.45. The topological polar surface area (TPSA) is 18.5 Å². The van der Waals surface area contributed by atoms with Gasteiger partial charge in [0.05, 0.1) is 11.2 Å². The lowest BCUT2D eigenvalue weighted by Gasteiger charge is -2.32. The van der Waals surface area contributed by atoms with Crippen molar-refractivity contribution in [1.82, 2.24) is 0 Å². The quantitative estimate of drug-likeness (QED) is 0.489. The maximum Gasteiger partial charge on any atom is 0.489 e. The van der Waals surface area contributed by atoms with Gasteiger partial charge >= 0.3 is 7.12 Å². The molecular formula is C15H29BO2. The standard InChI is InChI=1S/C15H29BO2/c1-7-8-9-10-11-12-13(2)16-17-14(3,4)15(5,6)18-16/h2,7-12H2,1,3-6H3. The molecule has 0 aliphatic carbocycles. The van der Waals surface area contributed by atoms with Gasteiger partial charge in [-0.25, -0.2) is 0 Å². The maximum atomic E-state index is 5.98. The zero-order chi connectivity index (χ0) is 13.8. The summed E-state index contributed by atoms with van der Waals surface area (Å²) < 4.78 is 12.0. The van der Waals surface area contributed by atoms with E-state index in [4.69, 9.17) is 9.31 Å². The molecule has 1 fully saturated rings. The average molecular weight is 252 g/mol. The van der Waals surface area contributed by atoms with Crippen LogP contribution in [0.25, 0.3) is 0 Å². The summed E-state index contributed by atoms with van der Waals surface area (Å²) in [7, 11) is -0.221. The van der Waals surface area contributed by atoms with Crippen LogP contribution in [0.4, 0.5) is 0 Å². The Bertz CT molecular complexity index is 268. The van der Waals surface area contributed by atoms with Crippen molar-refractivity contribution >= 4 is 7.12 Å². The molecule has 104 valence electrons. The summed E-state index contributed by atoms with van der Waals surface area (Å²) >= 11 is 0. The third-order valence-corrected chi connectivity index (χ3v) is 4.19. The molecule has 0 aromatic rings. The van der Waals surface area contributed by atoms with Crippen LogP contribution in [-0.2, 0) is 9.31 Å². The van der Waals surface area contributed by atoms with Gasteiger partial charge in [-0.3, -0.25) is 0 Å². The Kier molecular flexibility index (Phi) is 5.48. The second kappa shape index (κ2) is 6.25. The molecular weight excluding hydrogens is 223 g/mol. The Balaban J connectivity index is 2.32. The van der Waals surface area contributed by atoms with Gasteiger partial charge in [0.25, 0.3) is 0 Å². The van der Waals surface area contributed by atoms with E-state index in [1.165, 1.54) is 32.1 Å². The van der Waals surface area contributed by atoms with Gasteiger partial charge in [0.2, 0.25) is 0 Å². The molecule has 0 radical (unpaired) electrons. The van der Waals surface area contributed by atoms with E-state index in [2.05, 4.69) is 41.2 Å². The van der Waals surface area contributed by atoms with Gasteiger partial charge in [-0.05, 0) is 39.6 Å². The van der Waals surface area contributed by atoms with Crippen molar-refractivity contribution in [2.24, 2.45) is 0 Å². The van der Waals surface area contributed by atoms with E-state index in [-0.39, 0.29) is 18.3 Å². The molecule has 1 saturated heterocycles. The Morgan fingerprint density at radius 1 is 0.944 bits per heavy atom. The third kappa shape index (κ3) is 3.86. The molecule has 0 N–H and O–H groups in total. The summed E-state index contributed by atoms with van der Waals surface area (Å²) in [4.78, 5) is 0. The minimum absolute atomic E-state index is 0.221. The first-order valence-electron chi connectivity index (χ1n) is 7.33. The molecule has 0 unspecified atom stereocenters. The van der Waals surface area contributed by atoms with E-state index in [0.717, 1.165) is 11.9 Å². The minimum atomic E-state index is -0.247. The Labute approximate surface area is 113 Å². The van der Waals surface area contributed by atoms with Gasteiger partial charge in [-0.15, -0.1) is 6.58 Å². The Morgan fingerprint density at radius 3 is 1.94 bits per heavy atom. The van der Waals surface area contributed by atoms with E-state index in [0.29, 0.717) is 0 Å². The Morgan fingerprint density at radius 2 is 1.44 bits per heavy atom. The largest absolute Gasteiger partial charge is 0.489 e. The molecule has 1 heterocycles. The van der Waals surface area contributed by atoms with Crippen molar-refractivity contribution in [2.45, 2.75) is 84.3 Å². The van der Waals surface area contributed by atoms with E-state index in [1.54, 1.807) is 0 Å². The van der Waals surface area contributed by atoms with Crippen LogP contribution in [0.2, 0.25) is 0 Å². The predicted octanol–water partition coefficient (Wildman–Crippen LogP) is 4.53. The zero-order valence-corrected chi connectivity index (χ0v) is 12.8. The molecule has 0 amide bonds. The fourth-order valence-corrected chi connectivity index (χ4v) is 2.08. The van der Waals surface area contributed by atoms with Crippen LogP contribution in [0.3, 0.4) is 0 Å². The van der Waals surface area contributed by atoms with Gasteiger partial charge < -0.3 is 9.31 Å². The lowest BCUT2D eigenvalue weighted by Crippen LogP contribution is -2.41. The molecule has 3 heteroatoms. The molecule has 1 aliphatic rings. The van der Waals surface area contributed by atoms with Crippen molar-refractivity contribution in [3.63, 3.8) is 0 Å². The van der Waals surface area contributed by atoms with Crippen LogP contribution in [-0.4, -0.2) is 18.3 Å². The van der Waals surface area contributed by atoms with E-state index in [9.17, 15) is 0 Å². The highest BCUT2D eigenvalue weighted by Crippen LogP contribution is 2.38. The lowest BCUT2D eigenvalue weighted by atomic mass is 9.76. The van der Waals surface area contributed by atoms with Crippen LogP contribution >= 0.6 is 0 Å². The minimum Gasteiger partial charge on any atom is -0.400 e. The van der Waals surface area contributed by atoms with Gasteiger partial charge in [-0.1, -0.05) is 39.0 Å². The molecule has 0 spiro atoms.